The summed E-state index contributed by atoms with van der Waals surface area (Å²) < 4.78 is 48.5. The predicted octanol–water partition coefficient (Wildman–Crippen LogP) is 6.28. The molecule has 0 bridgehead atoms. The Balaban J connectivity index is 1.78. The zero-order valence-electron chi connectivity index (χ0n) is 27.1. The summed E-state index contributed by atoms with van der Waals surface area (Å²) in [6.07, 6.45) is 1.88. The highest BCUT2D eigenvalue weighted by atomic mass is 32.2. The zero-order chi connectivity index (χ0) is 33.8. The molecule has 0 aromatic heterocycles. The van der Waals surface area contributed by atoms with Crippen LogP contribution in [0, 0.1) is 12.7 Å². The van der Waals surface area contributed by atoms with E-state index >= 15 is 0 Å². The Hall–Kier alpha value is -4.70. The molecule has 1 atom stereocenters. The van der Waals surface area contributed by atoms with Crippen LogP contribution in [-0.4, -0.2) is 50.9 Å². The van der Waals surface area contributed by atoms with E-state index in [0.717, 1.165) is 46.0 Å². The average Bonchev–Trinajstić information content (AvgIpc) is 3.07. The van der Waals surface area contributed by atoms with Gasteiger partial charge in [-0.3, -0.25) is 13.9 Å². The summed E-state index contributed by atoms with van der Waals surface area (Å²) in [7, 11) is -4.35. The van der Waals surface area contributed by atoms with E-state index in [4.69, 9.17) is 4.74 Å². The van der Waals surface area contributed by atoms with Crippen LogP contribution in [0.3, 0.4) is 0 Å². The molecule has 248 valence electrons. The molecule has 0 spiro atoms. The van der Waals surface area contributed by atoms with E-state index in [1.165, 1.54) is 17.0 Å². The normalized spacial score (nSPS) is 11.8. The number of hydrogen-bond donors (Lipinski definition) is 1. The zero-order valence-corrected chi connectivity index (χ0v) is 27.9. The summed E-state index contributed by atoms with van der Waals surface area (Å²) in [5.41, 5.74) is 2.90. The molecule has 2 amide bonds. The number of aryl methyl sites for hydroxylation is 1. The van der Waals surface area contributed by atoms with Crippen LogP contribution in [0.5, 0.6) is 5.75 Å². The van der Waals surface area contributed by atoms with Gasteiger partial charge in [0.25, 0.3) is 10.0 Å². The predicted molar refractivity (Wildman–Crippen MR) is 182 cm³/mol. The molecule has 0 aliphatic carbocycles. The van der Waals surface area contributed by atoms with E-state index in [0.29, 0.717) is 18.9 Å². The van der Waals surface area contributed by atoms with Crippen LogP contribution in [0.25, 0.3) is 0 Å². The lowest BCUT2D eigenvalue weighted by atomic mass is 10.0. The van der Waals surface area contributed by atoms with Crippen molar-refractivity contribution >= 4 is 27.5 Å². The van der Waals surface area contributed by atoms with E-state index in [-0.39, 0.29) is 29.5 Å². The molecule has 4 rings (SSSR count). The number of amides is 2. The second-order valence-corrected chi connectivity index (χ2v) is 13.1. The number of rotatable bonds is 16. The van der Waals surface area contributed by atoms with E-state index in [2.05, 4.69) is 5.32 Å². The first kappa shape index (κ1) is 35.2. The molecule has 10 heteroatoms. The highest BCUT2D eigenvalue weighted by Crippen LogP contribution is 2.27. The van der Waals surface area contributed by atoms with Crippen molar-refractivity contribution < 1.29 is 27.1 Å². The van der Waals surface area contributed by atoms with Gasteiger partial charge in [-0.15, -0.1) is 0 Å². The number of hydrogen-bond acceptors (Lipinski definition) is 5. The maximum atomic E-state index is 14.5. The topological polar surface area (TPSA) is 96.0 Å². The molecule has 4 aromatic rings. The summed E-state index contributed by atoms with van der Waals surface area (Å²) in [5.74, 6) is -0.947. The van der Waals surface area contributed by atoms with Crippen molar-refractivity contribution in [2.45, 2.75) is 57.5 Å². The Bertz CT molecular complexity index is 1700. The third-order valence-electron chi connectivity index (χ3n) is 7.69. The van der Waals surface area contributed by atoms with Crippen LogP contribution in [0.1, 0.15) is 43.4 Å². The average molecular weight is 660 g/mol. The van der Waals surface area contributed by atoms with Gasteiger partial charge in [-0.25, -0.2) is 12.8 Å². The minimum atomic E-state index is -4.35. The van der Waals surface area contributed by atoms with Gasteiger partial charge >= 0.3 is 0 Å². The standard InChI is InChI=1S/C37H42FN3O5S/c1-4-6-24-39-37(43)35(25-29-10-8-7-9-11-29)40(26-30-14-12-28(3)13-15-30)36(42)27-41(32-18-20-33(21-19-32)46-5-2)47(44,45)34-22-16-31(38)17-23-34/h7-23,35H,4-6,24-27H2,1-3H3,(H,39,43). The minimum Gasteiger partial charge on any atom is -0.494 e. The second-order valence-electron chi connectivity index (χ2n) is 11.2. The van der Waals surface area contributed by atoms with Gasteiger partial charge in [0.1, 0.15) is 24.2 Å². The monoisotopic (exact) mass is 659 g/mol. The van der Waals surface area contributed by atoms with Crippen molar-refractivity contribution in [1.29, 1.82) is 0 Å². The second kappa shape index (κ2) is 16.7. The van der Waals surface area contributed by atoms with Gasteiger partial charge in [-0.05, 0) is 79.9 Å². The molecular weight excluding hydrogens is 617 g/mol. The summed E-state index contributed by atoms with van der Waals surface area (Å²) >= 11 is 0. The number of halogens is 1. The Morgan fingerprint density at radius 1 is 0.851 bits per heavy atom. The summed E-state index contributed by atoms with van der Waals surface area (Å²) in [4.78, 5) is 29.6. The molecule has 0 fully saturated rings. The van der Waals surface area contributed by atoms with Crippen LogP contribution in [0.2, 0.25) is 0 Å². The number of nitrogens with one attached hydrogen (secondary N) is 1. The molecule has 0 saturated carbocycles. The molecule has 8 nitrogen and oxygen atoms in total. The Labute approximate surface area is 277 Å². The first-order valence-corrected chi connectivity index (χ1v) is 17.2. The smallest absolute Gasteiger partial charge is 0.264 e. The van der Waals surface area contributed by atoms with Gasteiger partial charge in [-0.1, -0.05) is 73.5 Å². The number of sulfonamides is 1. The van der Waals surface area contributed by atoms with Crippen LogP contribution < -0.4 is 14.4 Å². The van der Waals surface area contributed by atoms with Crippen molar-refractivity contribution in [2.24, 2.45) is 0 Å². The molecular formula is C37H42FN3O5S. The maximum absolute atomic E-state index is 14.5. The van der Waals surface area contributed by atoms with Gasteiger partial charge in [0.05, 0.1) is 17.2 Å². The first-order valence-electron chi connectivity index (χ1n) is 15.8. The van der Waals surface area contributed by atoms with Crippen molar-refractivity contribution in [3.8, 4) is 5.75 Å². The Kier molecular flexibility index (Phi) is 12.5. The van der Waals surface area contributed by atoms with E-state index in [9.17, 15) is 22.4 Å². The van der Waals surface area contributed by atoms with E-state index in [1.54, 1.807) is 24.3 Å². The number of unbranched alkanes of at least 4 members (excludes halogenated alkanes) is 1. The molecule has 1 N–H and O–H groups in total. The van der Waals surface area contributed by atoms with Gasteiger partial charge in [0.15, 0.2) is 0 Å². The number of anilines is 1. The molecule has 0 radical (unpaired) electrons. The summed E-state index contributed by atoms with van der Waals surface area (Å²) in [6, 6.07) is 26.9. The molecule has 0 aliphatic rings. The van der Waals surface area contributed by atoms with Crippen LogP contribution >= 0.6 is 0 Å². The third-order valence-corrected chi connectivity index (χ3v) is 9.48. The SMILES string of the molecule is CCCCNC(=O)C(Cc1ccccc1)N(Cc1ccc(C)cc1)C(=O)CN(c1ccc(OCC)cc1)S(=O)(=O)c1ccc(F)cc1. The lowest BCUT2D eigenvalue weighted by Crippen LogP contribution is -2.53. The summed E-state index contributed by atoms with van der Waals surface area (Å²) in [5, 5.41) is 2.98. The lowest BCUT2D eigenvalue weighted by molar-refractivity contribution is -0.140. The molecule has 0 aliphatic heterocycles. The number of carbonyl (C=O) groups excluding carboxylic acids is 2. The minimum absolute atomic E-state index is 0.0749. The van der Waals surface area contributed by atoms with Gasteiger partial charge < -0.3 is 15.0 Å². The molecule has 47 heavy (non-hydrogen) atoms. The fraction of sp³-hybridized carbons (Fsp3) is 0.297. The van der Waals surface area contributed by atoms with Gasteiger partial charge in [0, 0.05) is 19.5 Å². The molecule has 1 unspecified atom stereocenters. The highest BCUT2D eigenvalue weighted by molar-refractivity contribution is 7.92. The van der Waals surface area contributed by atoms with E-state index in [1.807, 2.05) is 75.4 Å². The Morgan fingerprint density at radius 2 is 1.51 bits per heavy atom. The maximum Gasteiger partial charge on any atom is 0.264 e. The molecule has 0 saturated heterocycles. The lowest BCUT2D eigenvalue weighted by Gasteiger charge is -2.34. The Morgan fingerprint density at radius 3 is 2.13 bits per heavy atom. The largest absolute Gasteiger partial charge is 0.494 e. The van der Waals surface area contributed by atoms with Crippen molar-refractivity contribution in [2.75, 3.05) is 24.0 Å². The van der Waals surface area contributed by atoms with Crippen molar-refractivity contribution in [3.05, 3.63) is 126 Å². The van der Waals surface area contributed by atoms with E-state index < -0.39 is 34.3 Å². The fourth-order valence-electron chi connectivity index (χ4n) is 5.09. The van der Waals surface area contributed by atoms with Crippen LogP contribution in [0.4, 0.5) is 10.1 Å². The van der Waals surface area contributed by atoms with Crippen molar-refractivity contribution in [3.63, 3.8) is 0 Å². The quantitative estimate of drug-likeness (QED) is 0.143. The van der Waals surface area contributed by atoms with Crippen LogP contribution in [0.15, 0.2) is 108 Å². The highest BCUT2D eigenvalue weighted by Gasteiger charge is 2.34. The van der Waals surface area contributed by atoms with Gasteiger partial charge in [0.2, 0.25) is 11.8 Å². The van der Waals surface area contributed by atoms with Crippen LogP contribution in [-0.2, 0) is 32.6 Å². The number of benzene rings is 4. The summed E-state index contributed by atoms with van der Waals surface area (Å²) in [6.45, 7) is 6.17. The van der Waals surface area contributed by atoms with Crippen molar-refractivity contribution in [1.82, 2.24) is 10.2 Å². The number of nitrogens with zero attached hydrogens (tertiary/aromatic N) is 2. The molecule has 0 heterocycles. The molecule has 4 aromatic carbocycles. The third kappa shape index (κ3) is 9.65. The number of ether oxygens (including phenoxy) is 1. The first-order chi connectivity index (χ1) is 22.6. The fourth-order valence-corrected chi connectivity index (χ4v) is 6.50. The van der Waals surface area contributed by atoms with Gasteiger partial charge in [-0.2, -0.15) is 0 Å². The number of carbonyl (C=O) groups is 2.